The van der Waals surface area contributed by atoms with Crippen LogP contribution in [0.15, 0.2) is 30.3 Å². The number of benzene rings is 1. The summed E-state index contributed by atoms with van der Waals surface area (Å²) in [6.45, 7) is 0. The third kappa shape index (κ3) is 2.00. The highest BCUT2D eigenvalue weighted by atomic mass is 16.5. The Morgan fingerprint density at radius 1 is 1.06 bits per heavy atom. The van der Waals surface area contributed by atoms with Gasteiger partial charge in [-0.2, -0.15) is 0 Å². The second-order valence-electron chi connectivity index (χ2n) is 5.39. The zero-order valence-electron chi connectivity index (χ0n) is 10.1. The standard InChI is InChI=1S/C15H20O2/c16-14-11-13(12-7-3-1-4-8-12)17-15(14)9-5-2-6-10-15/h1,3-4,7-8,13-14,16H,2,5-6,9-11H2/t13-,14+/m1/s1. The molecule has 1 saturated heterocycles. The normalized spacial score (nSPS) is 31.8. The molecule has 2 aliphatic rings. The first-order valence-corrected chi connectivity index (χ1v) is 6.71. The summed E-state index contributed by atoms with van der Waals surface area (Å²) < 4.78 is 6.24. The van der Waals surface area contributed by atoms with Crippen molar-refractivity contribution >= 4 is 0 Å². The fraction of sp³-hybridized carbons (Fsp3) is 0.600. The number of aliphatic hydroxyl groups excluding tert-OH is 1. The molecule has 0 aromatic heterocycles. The number of hydrogen-bond donors (Lipinski definition) is 1. The van der Waals surface area contributed by atoms with E-state index in [-0.39, 0.29) is 17.8 Å². The average Bonchev–Trinajstić information content (AvgIpc) is 2.69. The highest BCUT2D eigenvalue weighted by molar-refractivity contribution is 5.20. The van der Waals surface area contributed by atoms with Gasteiger partial charge in [-0.15, -0.1) is 0 Å². The van der Waals surface area contributed by atoms with Gasteiger partial charge >= 0.3 is 0 Å². The molecule has 2 atom stereocenters. The van der Waals surface area contributed by atoms with Gasteiger partial charge in [0, 0.05) is 6.42 Å². The van der Waals surface area contributed by atoms with Gasteiger partial charge in [-0.05, 0) is 18.4 Å². The molecule has 92 valence electrons. The molecule has 0 radical (unpaired) electrons. The van der Waals surface area contributed by atoms with Crippen LogP contribution in [-0.2, 0) is 4.74 Å². The number of ether oxygens (including phenoxy) is 1. The Labute approximate surface area is 103 Å². The summed E-state index contributed by atoms with van der Waals surface area (Å²) in [4.78, 5) is 0. The monoisotopic (exact) mass is 232 g/mol. The third-order valence-corrected chi connectivity index (χ3v) is 4.29. The Bertz CT molecular complexity index is 368. The van der Waals surface area contributed by atoms with E-state index in [1.54, 1.807) is 0 Å². The van der Waals surface area contributed by atoms with Gasteiger partial charge in [0.05, 0.1) is 17.8 Å². The lowest BCUT2D eigenvalue weighted by molar-refractivity contribution is -0.104. The first kappa shape index (κ1) is 11.2. The minimum atomic E-state index is -0.284. The van der Waals surface area contributed by atoms with E-state index in [9.17, 15) is 5.11 Å². The molecule has 0 unspecified atom stereocenters. The maximum absolute atomic E-state index is 10.3. The van der Waals surface area contributed by atoms with Crippen LogP contribution < -0.4 is 0 Å². The van der Waals surface area contributed by atoms with E-state index in [1.165, 1.54) is 24.8 Å². The summed E-state index contributed by atoms with van der Waals surface area (Å²) in [6.07, 6.45) is 6.28. The number of hydrogen-bond acceptors (Lipinski definition) is 2. The number of aliphatic hydroxyl groups is 1. The van der Waals surface area contributed by atoms with Crippen LogP contribution in [0.25, 0.3) is 0 Å². The van der Waals surface area contributed by atoms with Gasteiger partial charge < -0.3 is 9.84 Å². The third-order valence-electron chi connectivity index (χ3n) is 4.29. The minimum Gasteiger partial charge on any atom is -0.390 e. The van der Waals surface area contributed by atoms with Gasteiger partial charge in [-0.3, -0.25) is 0 Å². The molecular weight excluding hydrogens is 212 g/mol. The highest BCUT2D eigenvalue weighted by Crippen LogP contribution is 2.47. The van der Waals surface area contributed by atoms with Crippen molar-refractivity contribution in [3.8, 4) is 0 Å². The van der Waals surface area contributed by atoms with Crippen LogP contribution in [0.3, 0.4) is 0 Å². The molecule has 2 fully saturated rings. The molecule has 1 saturated carbocycles. The quantitative estimate of drug-likeness (QED) is 0.805. The summed E-state index contributed by atoms with van der Waals surface area (Å²) in [7, 11) is 0. The predicted octanol–water partition coefficient (Wildman–Crippen LogP) is 3.21. The van der Waals surface area contributed by atoms with E-state index in [0.717, 1.165) is 19.3 Å². The first-order chi connectivity index (χ1) is 8.30. The molecule has 1 aromatic rings. The van der Waals surface area contributed by atoms with Crippen LogP contribution in [0.2, 0.25) is 0 Å². The van der Waals surface area contributed by atoms with Crippen molar-refractivity contribution in [3.05, 3.63) is 35.9 Å². The molecular formula is C15H20O2. The highest BCUT2D eigenvalue weighted by Gasteiger charge is 2.48. The average molecular weight is 232 g/mol. The van der Waals surface area contributed by atoms with E-state index >= 15 is 0 Å². The summed E-state index contributed by atoms with van der Waals surface area (Å²) in [5.74, 6) is 0. The van der Waals surface area contributed by atoms with E-state index < -0.39 is 0 Å². The van der Waals surface area contributed by atoms with Crippen LogP contribution in [0.1, 0.15) is 50.2 Å². The first-order valence-electron chi connectivity index (χ1n) is 6.71. The molecule has 2 nitrogen and oxygen atoms in total. The Morgan fingerprint density at radius 2 is 1.76 bits per heavy atom. The van der Waals surface area contributed by atoms with Crippen molar-refractivity contribution in [2.24, 2.45) is 0 Å². The van der Waals surface area contributed by atoms with Crippen LogP contribution in [0, 0.1) is 0 Å². The molecule has 3 rings (SSSR count). The maximum Gasteiger partial charge on any atom is 0.0949 e. The van der Waals surface area contributed by atoms with Crippen molar-refractivity contribution in [2.45, 2.75) is 56.3 Å². The van der Waals surface area contributed by atoms with Gasteiger partial charge in [0.1, 0.15) is 0 Å². The summed E-state index contributed by atoms with van der Waals surface area (Å²) >= 11 is 0. The Morgan fingerprint density at radius 3 is 2.47 bits per heavy atom. The van der Waals surface area contributed by atoms with Crippen molar-refractivity contribution in [1.29, 1.82) is 0 Å². The fourth-order valence-electron chi connectivity index (χ4n) is 3.30. The van der Waals surface area contributed by atoms with Crippen molar-refractivity contribution in [2.75, 3.05) is 0 Å². The van der Waals surface area contributed by atoms with Crippen LogP contribution in [-0.4, -0.2) is 16.8 Å². The van der Waals surface area contributed by atoms with Crippen LogP contribution in [0.5, 0.6) is 0 Å². The molecule has 2 heteroatoms. The summed E-state index contributed by atoms with van der Waals surface area (Å²) in [6, 6.07) is 10.3. The van der Waals surface area contributed by atoms with Crippen molar-refractivity contribution < 1.29 is 9.84 Å². The van der Waals surface area contributed by atoms with Crippen molar-refractivity contribution in [1.82, 2.24) is 0 Å². The minimum absolute atomic E-state index is 0.0873. The molecule has 1 spiro atoms. The Hall–Kier alpha value is -0.860. The van der Waals surface area contributed by atoms with Gasteiger partial charge in [0.25, 0.3) is 0 Å². The van der Waals surface area contributed by atoms with Gasteiger partial charge in [0.15, 0.2) is 0 Å². The molecule has 0 bridgehead atoms. The molecule has 1 N–H and O–H groups in total. The largest absolute Gasteiger partial charge is 0.390 e. The van der Waals surface area contributed by atoms with E-state index in [2.05, 4.69) is 12.1 Å². The Balaban J connectivity index is 1.79. The predicted molar refractivity (Wildman–Crippen MR) is 66.7 cm³/mol. The smallest absolute Gasteiger partial charge is 0.0949 e. The van der Waals surface area contributed by atoms with Gasteiger partial charge in [-0.1, -0.05) is 49.6 Å². The number of rotatable bonds is 1. The zero-order valence-corrected chi connectivity index (χ0v) is 10.1. The molecule has 1 aromatic carbocycles. The lowest BCUT2D eigenvalue weighted by atomic mass is 9.81. The lowest BCUT2D eigenvalue weighted by Gasteiger charge is -2.35. The Kier molecular flexibility index (Phi) is 2.93. The van der Waals surface area contributed by atoms with Crippen LogP contribution >= 0.6 is 0 Å². The zero-order chi connectivity index (χ0) is 11.7. The second kappa shape index (κ2) is 4.43. The van der Waals surface area contributed by atoms with Crippen molar-refractivity contribution in [3.63, 3.8) is 0 Å². The van der Waals surface area contributed by atoms with E-state index in [0.29, 0.717) is 0 Å². The summed E-state index contributed by atoms with van der Waals surface area (Å²) in [5.41, 5.74) is 0.965. The molecule has 0 amide bonds. The lowest BCUT2D eigenvalue weighted by Crippen LogP contribution is -2.40. The fourth-order valence-corrected chi connectivity index (χ4v) is 3.30. The second-order valence-corrected chi connectivity index (χ2v) is 5.39. The SMILES string of the molecule is O[C@H]1C[C@H](c2ccccc2)OC12CCCCC2. The van der Waals surface area contributed by atoms with Gasteiger partial charge in [-0.25, -0.2) is 0 Å². The molecule has 17 heavy (non-hydrogen) atoms. The van der Waals surface area contributed by atoms with Crippen LogP contribution in [0.4, 0.5) is 0 Å². The topological polar surface area (TPSA) is 29.5 Å². The van der Waals surface area contributed by atoms with Gasteiger partial charge in [0.2, 0.25) is 0 Å². The van der Waals surface area contributed by atoms with E-state index in [1.807, 2.05) is 18.2 Å². The molecule has 1 heterocycles. The van der Waals surface area contributed by atoms with E-state index in [4.69, 9.17) is 4.74 Å². The summed E-state index contributed by atoms with van der Waals surface area (Å²) in [5, 5.41) is 10.3. The maximum atomic E-state index is 10.3. The molecule has 1 aliphatic carbocycles. The molecule has 1 aliphatic heterocycles.